The number of benzene rings is 1. The number of rotatable bonds is 4. The molecule has 112 valence electrons. The van der Waals surface area contributed by atoms with Crippen LogP contribution in [0.25, 0.3) is 0 Å². The van der Waals surface area contributed by atoms with E-state index < -0.39 is 6.10 Å². The Morgan fingerprint density at radius 1 is 1.29 bits per heavy atom. The van der Waals surface area contributed by atoms with Gasteiger partial charge in [-0.25, -0.2) is 0 Å². The van der Waals surface area contributed by atoms with Crippen LogP contribution in [0.1, 0.15) is 54.9 Å². The van der Waals surface area contributed by atoms with Gasteiger partial charge in [0.2, 0.25) is 0 Å². The van der Waals surface area contributed by atoms with Crippen LogP contribution in [0, 0.1) is 0 Å². The Bertz CT molecular complexity index is 561. The van der Waals surface area contributed by atoms with Crippen LogP contribution in [-0.2, 0) is 11.2 Å². The van der Waals surface area contributed by atoms with Crippen molar-refractivity contribution in [1.82, 2.24) is 5.32 Å². The second-order valence-corrected chi connectivity index (χ2v) is 5.99. The van der Waals surface area contributed by atoms with Crippen LogP contribution in [-0.4, -0.2) is 23.8 Å². The fourth-order valence-electron chi connectivity index (χ4n) is 3.15. The third-order valence-corrected chi connectivity index (χ3v) is 4.38. The van der Waals surface area contributed by atoms with Crippen molar-refractivity contribution in [3.05, 3.63) is 29.3 Å². The fraction of sp³-hybridized carbons (Fsp3) is 0.529. The summed E-state index contributed by atoms with van der Waals surface area (Å²) in [6, 6.07) is 5.78. The number of carbonyl (C=O) groups excluding carboxylic acids is 2. The number of ether oxygens (including phenoxy) is 1. The summed E-state index contributed by atoms with van der Waals surface area (Å²) in [5.74, 6) is 0.805. The largest absolute Gasteiger partial charge is 0.481 e. The highest BCUT2D eigenvalue weighted by Crippen LogP contribution is 2.26. The van der Waals surface area contributed by atoms with Crippen LogP contribution in [0.4, 0.5) is 0 Å². The summed E-state index contributed by atoms with van der Waals surface area (Å²) in [7, 11) is 0. The smallest absolute Gasteiger partial charge is 0.260 e. The van der Waals surface area contributed by atoms with Gasteiger partial charge in [-0.15, -0.1) is 0 Å². The molecular weight excluding hydrogens is 266 g/mol. The summed E-state index contributed by atoms with van der Waals surface area (Å²) in [6.07, 6.45) is 5.36. The highest BCUT2D eigenvalue weighted by Gasteiger charge is 2.23. The predicted octanol–water partition coefficient (Wildman–Crippen LogP) is 2.64. The molecule has 1 amide bonds. The standard InChI is InChI=1S/C17H21NO3/c1-11(17(20)18-13-4-2-3-5-13)21-14-7-8-15-12(10-14)6-9-16(15)19/h7-8,10-11,13H,2-6,9H2,1H3,(H,18,20). The van der Waals surface area contributed by atoms with E-state index >= 15 is 0 Å². The predicted molar refractivity (Wildman–Crippen MR) is 79.6 cm³/mol. The summed E-state index contributed by atoms with van der Waals surface area (Å²) >= 11 is 0. The van der Waals surface area contributed by atoms with E-state index in [4.69, 9.17) is 4.74 Å². The number of carbonyl (C=O) groups is 2. The van der Waals surface area contributed by atoms with E-state index in [1.807, 2.05) is 12.1 Å². The number of Topliss-reactive ketones (excluding diaryl/α,β-unsaturated/α-hetero) is 1. The van der Waals surface area contributed by atoms with E-state index in [9.17, 15) is 9.59 Å². The Morgan fingerprint density at radius 3 is 2.81 bits per heavy atom. The lowest BCUT2D eigenvalue weighted by Gasteiger charge is -2.18. The van der Waals surface area contributed by atoms with Crippen LogP contribution in [0.3, 0.4) is 0 Å². The maximum absolute atomic E-state index is 12.1. The zero-order valence-corrected chi connectivity index (χ0v) is 12.4. The monoisotopic (exact) mass is 287 g/mol. The lowest BCUT2D eigenvalue weighted by molar-refractivity contribution is -0.127. The number of amides is 1. The highest BCUT2D eigenvalue weighted by atomic mass is 16.5. The quantitative estimate of drug-likeness (QED) is 0.926. The summed E-state index contributed by atoms with van der Waals surface area (Å²) in [5, 5.41) is 3.04. The van der Waals surface area contributed by atoms with Crippen LogP contribution in [0.5, 0.6) is 5.75 Å². The minimum Gasteiger partial charge on any atom is -0.481 e. The van der Waals surface area contributed by atoms with Gasteiger partial charge in [0.05, 0.1) is 0 Å². The van der Waals surface area contributed by atoms with E-state index in [0.29, 0.717) is 18.2 Å². The molecule has 1 fully saturated rings. The number of ketones is 1. The maximum Gasteiger partial charge on any atom is 0.260 e. The Kier molecular flexibility index (Phi) is 3.95. The van der Waals surface area contributed by atoms with Crippen LogP contribution < -0.4 is 10.1 Å². The Hall–Kier alpha value is -1.84. The molecular formula is C17H21NO3. The van der Waals surface area contributed by atoms with Crippen LogP contribution in [0.2, 0.25) is 0 Å². The SMILES string of the molecule is CC(Oc1ccc2c(c1)CCC2=O)C(=O)NC1CCCC1. The van der Waals surface area contributed by atoms with Crippen molar-refractivity contribution >= 4 is 11.7 Å². The van der Waals surface area contributed by atoms with Gasteiger partial charge in [0.15, 0.2) is 11.9 Å². The number of fused-ring (bicyclic) bond motifs is 1. The molecule has 0 aliphatic heterocycles. The highest BCUT2D eigenvalue weighted by molar-refractivity contribution is 6.00. The molecule has 0 bridgehead atoms. The first-order valence-electron chi connectivity index (χ1n) is 7.76. The van der Waals surface area contributed by atoms with Crippen LogP contribution >= 0.6 is 0 Å². The van der Waals surface area contributed by atoms with Crippen molar-refractivity contribution in [1.29, 1.82) is 0 Å². The Balaban J connectivity index is 1.60. The molecule has 2 aliphatic rings. The lowest BCUT2D eigenvalue weighted by Crippen LogP contribution is -2.41. The van der Waals surface area contributed by atoms with E-state index in [2.05, 4.69) is 5.32 Å². The maximum atomic E-state index is 12.1. The van der Waals surface area contributed by atoms with Gasteiger partial charge in [0, 0.05) is 18.0 Å². The number of hydrogen-bond acceptors (Lipinski definition) is 3. The van der Waals surface area contributed by atoms with Gasteiger partial charge in [-0.1, -0.05) is 12.8 Å². The molecule has 1 unspecified atom stereocenters. The first-order chi connectivity index (χ1) is 10.1. The van der Waals surface area contributed by atoms with Crippen molar-refractivity contribution in [2.75, 3.05) is 0 Å². The molecule has 1 atom stereocenters. The van der Waals surface area contributed by atoms with Crippen molar-refractivity contribution in [2.45, 2.75) is 57.6 Å². The van der Waals surface area contributed by atoms with Crippen molar-refractivity contribution < 1.29 is 14.3 Å². The average Bonchev–Trinajstić information content (AvgIpc) is 3.09. The molecule has 1 saturated carbocycles. The van der Waals surface area contributed by atoms with Crippen molar-refractivity contribution in [2.24, 2.45) is 0 Å². The van der Waals surface area contributed by atoms with Gasteiger partial charge in [-0.2, -0.15) is 0 Å². The van der Waals surface area contributed by atoms with Crippen LogP contribution in [0.15, 0.2) is 18.2 Å². The minimum absolute atomic E-state index is 0.0570. The topological polar surface area (TPSA) is 55.4 Å². The van der Waals surface area contributed by atoms with Gasteiger partial charge >= 0.3 is 0 Å². The first kappa shape index (κ1) is 14.1. The van der Waals surface area contributed by atoms with E-state index in [1.54, 1.807) is 13.0 Å². The molecule has 0 saturated heterocycles. The van der Waals surface area contributed by atoms with Gasteiger partial charge in [0.1, 0.15) is 5.75 Å². The summed E-state index contributed by atoms with van der Waals surface area (Å²) in [6.45, 7) is 1.77. The molecule has 1 N–H and O–H groups in total. The van der Waals surface area contributed by atoms with Gasteiger partial charge in [0.25, 0.3) is 5.91 Å². The molecule has 4 heteroatoms. The molecule has 4 nitrogen and oxygen atoms in total. The van der Waals surface area contributed by atoms with Gasteiger partial charge in [-0.3, -0.25) is 9.59 Å². The molecule has 0 heterocycles. The normalized spacial score (nSPS) is 19.4. The molecule has 0 spiro atoms. The summed E-state index contributed by atoms with van der Waals surface area (Å²) < 4.78 is 5.72. The molecule has 21 heavy (non-hydrogen) atoms. The van der Waals surface area contributed by atoms with Crippen molar-refractivity contribution in [3.63, 3.8) is 0 Å². The van der Waals surface area contributed by atoms with Gasteiger partial charge in [-0.05, 0) is 49.9 Å². The Labute approximate surface area is 124 Å². The molecule has 3 rings (SSSR count). The Morgan fingerprint density at radius 2 is 2.05 bits per heavy atom. The van der Waals surface area contributed by atoms with E-state index in [-0.39, 0.29) is 11.7 Å². The second kappa shape index (κ2) is 5.88. The number of aryl methyl sites for hydroxylation is 1. The van der Waals surface area contributed by atoms with Crippen molar-refractivity contribution in [3.8, 4) is 5.75 Å². The summed E-state index contributed by atoms with van der Waals surface area (Å²) in [4.78, 5) is 23.7. The molecule has 1 aromatic carbocycles. The lowest BCUT2D eigenvalue weighted by atomic mass is 10.1. The van der Waals surface area contributed by atoms with E-state index in [1.165, 1.54) is 12.8 Å². The number of nitrogens with one attached hydrogen (secondary N) is 1. The summed E-state index contributed by atoms with van der Waals surface area (Å²) in [5.41, 5.74) is 1.83. The fourth-order valence-corrected chi connectivity index (χ4v) is 3.15. The zero-order chi connectivity index (χ0) is 14.8. The second-order valence-electron chi connectivity index (χ2n) is 5.99. The van der Waals surface area contributed by atoms with E-state index in [0.717, 1.165) is 30.4 Å². The third kappa shape index (κ3) is 3.09. The minimum atomic E-state index is -0.513. The molecule has 0 radical (unpaired) electrons. The third-order valence-electron chi connectivity index (χ3n) is 4.38. The average molecular weight is 287 g/mol. The molecule has 1 aromatic rings. The number of hydrogen-bond donors (Lipinski definition) is 1. The van der Waals surface area contributed by atoms with Gasteiger partial charge < -0.3 is 10.1 Å². The zero-order valence-electron chi connectivity index (χ0n) is 12.4. The molecule has 0 aromatic heterocycles. The first-order valence-corrected chi connectivity index (χ1v) is 7.76. The molecule has 2 aliphatic carbocycles.